The van der Waals surface area contributed by atoms with Crippen molar-refractivity contribution in [1.29, 1.82) is 0 Å². The summed E-state index contributed by atoms with van der Waals surface area (Å²) in [5, 5.41) is 2.83. The molecule has 0 aromatic carbocycles. The van der Waals surface area contributed by atoms with Crippen LogP contribution in [0.3, 0.4) is 0 Å². The Hall–Kier alpha value is -0.910. The van der Waals surface area contributed by atoms with Crippen LogP contribution in [0.4, 0.5) is 4.79 Å². The van der Waals surface area contributed by atoms with E-state index in [-0.39, 0.29) is 17.9 Å². The first-order valence-corrected chi connectivity index (χ1v) is 7.11. The van der Waals surface area contributed by atoms with Crippen LogP contribution in [-0.2, 0) is 14.3 Å². The summed E-state index contributed by atoms with van der Waals surface area (Å²) in [5.41, 5.74) is -0.506. The van der Waals surface area contributed by atoms with Crippen LogP contribution in [-0.4, -0.2) is 42.3 Å². The molecule has 1 heterocycles. The molecule has 104 valence electrons. The lowest BCUT2D eigenvalue weighted by atomic mass is 10.0. The zero-order valence-electron chi connectivity index (χ0n) is 11.3. The van der Waals surface area contributed by atoms with Gasteiger partial charge in [-0.25, -0.2) is 4.79 Å². The van der Waals surface area contributed by atoms with Crippen LogP contribution in [0.25, 0.3) is 0 Å². The van der Waals surface area contributed by atoms with Gasteiger partial charge in [0.2, 0.25) is 0 Å². The van der Waals surface area contributed by atoms with E-state index in [1.807, 2.05) is 20.8 Å². The Labute approximate surface area is 112 Å². The molecule has 2 atom stereocenters. The maximum Gasteiger partial charge on any atom is 0.407 e. The number of carbonyl (C=O) groups is 2. The molecule has 1 amide bonds. The van der Waals surface area contributed by atoms with Gasteiger partial charge in [-0.15, -0.1) is 0 Å². The van der Waals surface area contributed by atoms with Crippen LogP contribution in [0.2, 0.25) is 0 Å². The summed E-state index contributed by atoms with van der Waals surface area (Å²) >= 11 is 1.72. The number of rotatable bonds is 3. The maximum absolute atomic E-state index is 11.7. The SMILES string of the molecule is COC(=O)C[C@@H]1CSC[C@H]1NC(=O)OC(C)(C)C. The van der Waals surface area contributed by atoms with E-state index in [2.05, 4.69) is 10.1 Å². The number of ether oxygens (including phenoxy) is 2. The minimum atomic E-state index is -0.506. The molecule has 18 heavy (non-hydrogen) atoms. The highest BCUT2D eigenvalue weighted by Crippen LogP contribution is 2.27. The van der Waals surface area contributed by atoms with Gasteiger partial charge in [-0.3, -0.25) is 4.79 Å². The number of hydrogen-bond acceptors (Lipinski definition) is 5. The van der Waals surface area contributed by atoms with Crippen molar-refractivity contribution < 1.29 is 19.1 Å². The molecule has 0 spiro atoms. The van der Waals surface area contributed by atoms with Gasteiger partial charge in [-0.05, 0) is 32.4 Å². The van der Waals surface area contributed by atoms with Crippen molar-refractivity contribution in [3.05, 3.63) is 0 Å². The predicted octanol–water partition coefficient (Wildman–Crippen LogP) is 1.81. The highest BCUT2D eigenvalue weighted by atomic mass is 32.2. The minimum absolute atomic E-state index is 0.0241. The fourth-order valence-electron chi connectivity index (χ4n) is 1.72. The Morgan fingerprint density at radius 2 is 2.00 bits per heavy atom. The largest absolute Gasteiger partial charge is 0.469 e. The van der Waals surface area contributed by atoms with Crippen molar-refractivity contribution in [3.63, 3.8) is 0 Å². The summed E-state index contributed by atoms with van der Waals surface area (Å²) in [4.78, 5) is 22.9. The average molecular weight is 275 g/mol. The Kier molecular flexibility index (Phi) is 5.31. The second-order valence-corrected chi connectivity index (χ2v) is 6.41. The van der Waals surface area contributed by atoms with Gasteiger partial charge in [0.15, 0.2) is 0 Å². The molecule has 1 saturated heterocycles. The fraction of sp³-hybridized carbons (Fsp3) is 0.833. The molecule has 1 fully saturated rings. The van der Waals surface area contributed by atoms with Gasteiger partial charge < -0.3 is 14.8 Å². The standard InChI is InChI=1S/C12H21NO4S/c1-12(2,3)17-11(15)13-9-7-18-6-8(9)5-10(14)16-4/h8-9H,5-7H2,1-4H3,(H,13,15)/t8-,9-/m1/s1. The normalized spacial score (nSPS) is 23.6. The van der Waals surface area contributed by atoms with E-state index in [9.17, 15) is 9.59 Å². The Morgan fingerprint density at radius 3 is 2.56 bits per heavy atom. The molecule has 1 N–H and O–H groups in total. The molecule has 0 radical (unpaired) electrons. The molecule has 6 heteroatoms. The molecular formula is C12H21NO4S. The monoisotopic (exact) mass is 275 g/mol. The fourth-order valence-corrected chi connectivity index (χ4v) is 3.11. The van der Waals surface area contributed by atoms with Crippen molar-refractivity contribution >= 4 is 23.8 Å². The van der Waals surface area contributed by atoms with Crippen LogP contribution in [0.15, 0.2) is 0 Å². The predicted molar refractivity (Wildman–Crippen MR) is 70.6 cm³/mol. The third kappa shape index (κ3) is 5.16. The third-order valence-electron chi connectivity index (χ3n) is 2.56. The molecule has 5 nitrogen and oxygen atoms in total. The van der Waals surface area contributed by atoms with Gasteiger partial charge >= 0.3 is 12.1 Å². The van der Waals surface area contributed by atoms with Gasteiger partial charge in [-0.1, -0.05) is 0 Å². The Bertz CT molecular complexity index is 314. The molecule has 0 saturated carbocycles. The lowest BCUT2D eigenvalue weighted by Crippen LogP contribution is -2.43. The van der Waals surface area contributed by atoms with Crippen molar-refractivity contribution in [3.8, 4) is 0 Å². The quantitative estimate of drug-likeness (QED) is 0.796. The van der Waals surface area contributed by atoms with Crippen molar-refractivity contribution in [2.75, 3.05) is 18.6 Å². The molecular weight excluding hydrogens is 254 g/mol. The van der Waals surface area contributed by atoms with Crippen LogP contribution in [0.1, 0.15) is 27.2 Å². The lowest BCUT2D eigenvalue weighted by molar-refractivity contribution is -0.141. The van der Waals surface area contributed by atoms with E-state index in [4.69, 9.17) is 4.74 Å². The number of thioether (sulfide) groups is 1. The number of amides is 1. The van der Waals surface area contributed by atoms with E-state index < -0.39 is 11.7 Å². The topological polar surface area (TPSA) is 64.6 Å². The second-order valence-electron chi connectivity index (χ2n) is 5.33. The summed E-state index contributed by atoms with van der Waals surface area (Å²) < 4.78 is 9.86. The van der Waals surface area contributed by atoms with E-state index in [1.165, 1.54) is 7.11 Å². The van der Waals surface area contributed by atoms with Gasteiger partial charge in [0.1, 0.15) is 5.60 Å². The summed E-state index contributed by atoms with van der Waals surface area (Å²) in [6.07, 6.45) is -0.0888. The zero-order valence-corrected chi connectivity index (χ0v) is 12.1. The third-order valence-corrected chi connectivity index (χ3v) is 3.82. The van der Waals surface area contributed by atoms with Crippen LogP contribution in [0, 0.1) is 5.92 Å². The first-order valence-electron chi connectivity index (χ1n) is 5.96. The molecule has 0 bridgehead atoms. The smallest absolute Gasteiger partial charge is 0.407 e. The van der Waals surface area contributed by atoms with Gasteiger partial charge in [-0.2, -0.15) is 11.8 Å². The average Bonchev–Trinajstić information content (AvgIpc) is 2.62. The molecule has 1 aliphatic heterocycles. The Balaban J connectivity index is 2.45. The van der Waals surface area contributed by atoms with Crippen LogP contribution >= 0.6 is 11.8 Å². The van der Waals surface area contributed by atoms with E-state index in [0.29, 0.717) is 6.42 Å². The second kappa shape index (κ2) is 6.31. The van der Waals surface area contributed by atoms with E-state index in [1.54, 1.807) is 11.8 Å². The van der Waals surface area contributed by atoms with E-state index >= 15 is 0 Å². The number of carbonyl (C=O) groups excluding carboxylic acids is 2. The van der Waals surface area contributed by atoms with Gasteiger partial charge in [0, 0.05) is 11.8 Å². The summed E-state index contributed by atoms with van der Waals surface area (Å²) in [6, 6.07) is -0.0241. The highest BCUT2D eigenvalue weighted by molar-refractivity contribution is 7.99. The number of hydrogen-bond donors (Lipinski definition) is 1. The first kappa shape index (κ1) is 15.1. The van der Waals surface area contributed by atoms with Crippen LogP contribution < -0.4 is 5.32 Å². The van der Waals surface area contributed by atoms with Gasteiger partial charge in [0.25, 0.3) is 0 Å². The Morgan fingerprint density at radius 1 is 1.33 bits per heavy atom. The molecule has 1 aliphatic rings. The summed E-state index contributed by atoms with van der Waals surface area (Å²) in [7, 11) is 1.38. The number of esters is 1. The van der Waals surface area contributed by atoms with Crippen molar-refractivity contribution in [2.45, 2.75) is 38.8 Å². The minimum Gasteiger partial charge on any atom is -0.469 e. The first-order chi connectivity index (χ1) is 8.31. The number of nitrogens with one attached hydrogen (secondary N) is 1. The van der Waals surface area contributed by atoms with Crippen molar-refractivity contribution in [1.82, 2.24) is 5.32 Å². The lowest BCUT2D eigenvalue weighted by Gasteiger charge is -2.23. The zero-order chi connectivity index (χ0) is 13.8. The highest BCUT2D eigenvalue weighted by Gasteiger charge is 2.32. The number of methoxy groups -OCH3 is 1. The van der Waals surface area contributed by atoms with Gasteiger partial charge in [0.05, 0.1) is 13.5 Å². The molecule has 0 unspecified atom stereocenters. The summed E-state index contributed by atoms with van der Waals surface area (Å²) in [5.74, 6) is 1.55. The number of alkyl carbamates (subject to hydrolysis) is 1. The maximum atomic E-state index is 11.7. The molecule has 0 aromatic heterocycles. The molecule has 0 aromatic rings. The van der Waals surface area contributed by atoms with Crippen molar-refractivity contribution in [2.24, 2.45) is 5.92 Å². The molecule has 0 aliphatic carbocycles. The molecule has 1 rings (SSSR count). The van der Waals surface area contributed by atoms with Crippen LogP contribution in [0.5, 0.6) is 0 Å². The summed E-state index contributed by atoms with van der Waals surface area (Å²) in [6.45, 7) is 5.46. The van der Waals surface area contributed by atoms with E-state index in [0.717, 1.165) is 11.5 Å².